The van der Waals surface area contributed by atoms with E-state index in [1.165, 1.54) is 11.1 Å². The van der Waals surface area contributed by atoms with E-state index in [0.717, 1.165) is 50.4 Å². The average Bonchev–Trinajstić information content (AvgIpc) is 3.03. The molecule has 176 valence electrons. The van der Waals surface area contributed by atoms with Gasteiger partial charge in [-0.05, 0) is 89.8 Å². The maximum atomic E-state index is 6.94. The summed E-state index contributed by atoms with van der Waals surface area (Å²) < 4.78 is 20.2. The second-order valence-corrected chi connectivity index (χ2v) is 20.9. The molecule has 5 nitrogen and oxygen atoms in total. The molecule has 7 heteroatoms. The van der Waals surface area contributed by atoms with Crippen LogP contribution in [0.25, 0.3) is 0 Å². The van der Waals surface area contributed by atoms with E-state index in [1.807, 2.05) is 0 Å². The summed E-state index contributed by atoms with van der Waals surface area (Å²) in [5.74, 6) is 2.42. The van der Waals surface area contributed by atoms with Gasteiger partial charge in [0.1, 0.15) is 18.0 Å². The highest BCUT2D eigenvalue weighted by Crippen LogP contribution is 2.63. The van der Waals surface area contributed by atoms with Gasteiger partial charge in [0.25, 0.3) is 0 Å². The molecule has 5 rings (SSSR count). The van der Waals surface area contributed by atoms with Crippen molar-refractivity contribution in [3.8, 4) is 11.5 Å². The second-order valence-electron chi connectivity index (χ2n) is 12.0. The van der Waals surface area contributed by atoms with Crippen molar-refractivity contribution in [2.75, 3.05) is 19.6 Å². The Morgan fingerprint density at radius 1 is 1.12 bits per heavy atom. The van der Waals surface area contributed by atoms with Gasteiger partial charge in [-0.25, -0.2) is 0 Å². The van der Waals surface area contributed by atoms with Crippen LogP contribution in [0.15, 0.2) is 24.3 Å². The van der Waals surface area contributed by atoms with Gasteiger partial charge in [-0.1, -0.05) is 18.2 Å². The van der Waals surface area contributed by atoms with Crippen molar-refractivity contribution in [2.24, 2.45) is 11.7 Å². The molecule has 1 spiro atoms. The first kappa shape index (κ1) is 22.7. The SMILES string of the molecule is C[Si](C)(C)Oc1ccc2c3c1O[C@H]1[C@@H](O[Si](C)(C)C)C=CC4[C@@H](C2)N(CCCN)CC[C@@]341. The van der Waals surface area contributed by atoms with Crippen LogP contribution in [0.4, 0.5) is 0 Å². The quantitative estimate of drug-likeness (QED) is 0.474. The molecule has 2 aliphatic carbocycles. The Bertz CT molecular complexity index is 923. The van der Waals surface area contributed by atoms with Crippen LogP contribution in [0, 0.1) is 5.92 Å². The van der Waals surface area contributed by atoms with Gasteiger partial charge in [0.15, 0.2) is 14.1 Å². The minimum atomic E-state index is -1.76. The third kappa shape index (κ3) is 3.61. The normalized spacial score (nSPS) is 33.1. The van der Waals surface area contributed by atoms with Crippen molar-refractivity contribution in [2.45, 2.75) is 82.2 Å². The lowest BCUT2D eigenvalue weighted by atomic mass is 9.53. The van der Waals surface area contributed by atoms with Crippen LogP contribution in [0.2, 0.25) is 39.3 Å². The van der Waals surface area contributed by atoms with Crippen molar-refractivity contribution in [3.63, 3.8) is 0 Å². The molecule has 32 heavy (non-hydrogen) atoms. The summed E-state index contributed by atoms with van der Waals surface area (Å²) in [5.41, 5.74) is 8.75. The Kier molecular flexibility index (Phi) is 5.45. The van der Waals surface area contributed by atoms with Crippen LogP contribution in [0.5, 0.6) is 11.5 Å². The number of piperidine rings is 1. The Morgan fingerprint density at radius 3 is 2.59 bits per heavy atom. The highest BCUT2D eigenvalue weighted by Gasteiger charge is 2.65. The molecule has 0 aromatic heterocycles. The highest BCUT2D eigenvalue weighted by molar-refractivity contribution is 6.70. The highest BCUT2D eigenvalue weighted by atomic mass is 28.4. The first-order valence-corrected chi connectivity index (χ1v) is 19.2. The number of rotatable bonds is 7. The number of nitrogens with two attached hydrogens (primary N) is 1. The number of nitrogens with zero attached hydrogens (tertiary/aromatic N) is 1. The summed E-state index contributed by atoms with van der Waals surface area (Å²) in [7, 11) is -3.49. The predicted octanol–water partition coefficient (Wildman–Crippen LogP) is 4.28. The fourth-order valence-corrected chi connectivity index (χ4v) is 8.43. The minimum absolute atomic E-state index is 0.00670. The Balaban J connectivity index is 1.63. The van der Waals surface area contributed by atoms with Crippen LogP contribution < -0.4 is 14.9 Å². The van der Waals surface area contributed by atoms with E-state index < -0.39 is 16.6 Å². The number of hydrogen-bond donors (Lipinski definition) is 1. The zero-order valence-electron chi connectivity index (χ0n) is 20.6. The molecule has 2 N–H and O–H groups in total. The number of ether oxygens (including phenoxy) is 1. The molecule has 2 heterocycles. The standard InChI is InChI=1S/C25H40N2O3Si2/c1-31(2,3)29-20-10-8-17-16-19-18-9-11-21(30-32(4,5)6)24-25(18,22(17)23(20)28-24)12-15-27(19)14-7-13-26/h8-11,18-19,21,24H,7,12-16,26H2,1-6H3/t18?,19-,21+,24+,25+/m1/s1. The van der Waals surface area contributed by atoms with Gasteiger partial charge in [-0.2, -0.15) is 0 Å². The average molecular weight is 473 g/mol. The lowest BCUT2D eigenvalue weighted by molar-refractivity contribution is -0.0469. The molecule has 1 aromatic carbocycles. The first-order chi connectivity index (χ1) is 15.0. The lowest BCUT2D eigenvalue weighted by Gasteiger charge is -2.58. The molecule has 0 amide bonds. The van der Waals surface area contributed by atoms with Gasteiger partial charge >= 0.3 is 0 Å². The third-order valence-electron chi connectivity index (χ3n) is 7.51. The number of likely N-dealkylation sites (tertiary alicyclic amines) is 1. The monoisotopic (exact) mass is 472 g/mol. The maximum absolute atomic E-state index is 6.94. The van der Waals surface area contributed by atoms with Gasteiger partial charge < -0.3 is 19.3 Å². The smallest absolute Gasteiger partial charge is 0.242 e. The number of hydrogen-bond acceptors (Lipinski definition) is 5. The molecule has 2 aliphatic heterocycles. The lowest BCUT2D eigenvalue weighted by Crippen LogP contribution is -2.66. The molecule has 4 aliphatic rings. The van der Waals surface area contributed by atoms with Gasteiger partial charge in [-0.3, -0.25) is 4.90 Å². The van der Waals surface area contributed by atoms with Crippen LogP contribution in [-0.4, -0.2) is 59.4 Å². The van der Waals surface area contributed by atoms with E-state index in [9.17, 15) is 0 Å². The topological polar surface area (TPSA) is 57.0 Å². The van der Waals surface area contributed by atoms with E-state index in [1.54, 1.807) is 0 Å². The maximum Gasteiger partial charge on any atom is 0.242 e. The Labute approximate surface area is 195 Å². The van der Waals surface area contributed by atoms with Crippen LogP contribution in [0.1, 0.15) is 24.0 Å². The molecule has 0 saturated carbocycles. The molecule has 0 radical (unpaired) electrons. The van der Waals surface area contributed by atoms with Crippen molar-refractivity contribution in [1.29, 1.82) is 0 Å². The van der Waals surface area contributed by atoms with Gasteiger partial charge in [0, 0.05) is 22.9 Å². The van der Waals surface area contributed by atoms with Crippen LogP contribution in [-0.2, 0) is 16.3 Å². The third-order valence-corrected chi connectivity index (χ3v) is 9.32. The summed E-state index contributed by atoms with van der Waals surface area (Å²) in [6, 6.07) is 5.00. The van der Waals surface area contributed by atoms with Crippen molar-refractivity contribution in [1.82, 2.24) is 4.90 Å². The fraction of sp³-hybridized carbons (Fsp3) is 0.680. The predicted molar refractivity (Wildman–Crippen MR) is 135 cm³/mol. The molecule has 1 unspecified atom stereocenters. The molecule has 1 aromatic rings. The molecule has 1 saturated heterocycles. The van der Waals surface area contributed by atoms with Crippen molar-refractivity contribution in [3.05, 3.63) is 35.4 Å². The largest absolute Gasteiger partial charge is 0.542 e. The Hall–Kier alpha value is -1.13. The zero-order valence-corrected chi connectivity index (χ0v) is 22.6. The van der Waals surface area contributed by atoms with E-state index in [4.69, 9.17) is 19.3 Å². The van der Waals surface area contributed by atoms with Gasteiger partial charge in [0.2, 0.25) is 8.32 Å². The van der Waals surface area contributed by atoms with E-state index in [0.29, 0.717) is 12.0 Å². The fourth-order valence-electron chi connectivity index (χ4n) is 6.59. The van der Waals surface area contributed by atoms with Crippen LogP contribution in [0.3, 0.4) is 0 Å². The molecular formula is C25H40N2O3Si2. The Morgan fingerprint density at radius 2 is 1.91 bits per heavy atom. The van der Waals surface area contributed by atoms with Crippen molar-refractivity contribution < 1.29 is 13.6 Å². The summed E-state index contributed by atoms with van der Waals surface area (Å²) in [5, 5.41) is 0. The minimum Gasteiger partial charge on any atom is -0.542 e. The molecular weight excluding hydrogens is 432 g/mol. The summed E-state index contributed by atoms with van der Waals surface area (Å²) in [6.45, 7) is 16.5. The van der Waals surface area contributed by atoms with E-state index in [2.05, 4.69) is 68.5 Å². The van der Waals surface area contributed by atoms with Crippen LogP contribution >= 0.6 is 0 Å². The summed E-state index contributed by atoms with van der Waals surface area (Å²) >= 11 is 0. The second kappa shape index (κ2) is 7.70. The van der Waals surface area contributed by atoms with E-state index >= 15 is 0 Å². The van der Waals surface area contributed by atoms with Gasteiger partial charge in [-0.15, -0.1) is 0 Å². The van der Waals surface area contributed by atoms with Crippen molar-refractivity contribution >= 4 is 16.6 Å². The first-order valence-electron chi connectivity index (χ1n) is 12.4. The molecule has 1 fully saturated rings. The number of benzene rings is 1. The van der Waals surface area contributed by atoms with Gasteiger partial charge in [0.05, 0.1) is 0 Å². The molecule has 2 bridgehead atoms. The summed E-state index contributed by atoms with van der Waals surface area (Å²) in [4.78, 5) is 2.69. The van der Waals surface area contributed by atoms with E-state index in [-0.39, 0.29) is 17.6 Å². The zero-order chi connectivity index (χ0) is 22.9. The molecule has 5 atom stereocenters. The summed E-state index contributed by atoms with van der Waals surface area (Å²) in [6.07, 6.45) is 8.08.